The molecule has 31 heavy (non-hydrogen) atoms. The monoisotopic (exact) mass is 443 g/mol. The summed E-state index contributed by atoms with van der Waals surface area (Å²) in [7, 11) is 0. The molecule has 8 heteroatoms. The van der Waals surface area contributed by atoms with Crippen LogP contribution in [0.1, 0.15) is 24.5 Å². The predicted molar refractivity (Wildman–Crippen MR) is 117 cm³/mol. The third kappa shape index (κ3) is 4.56. The van der Waals surface area contributed by atoms with Gasteiger partial charge in [0.2, 0.25) is 0 Å². The van der Waals surface area contributed by atoms with Crippen molar-refractivity contribution in [2.75, 3.05) is 29.9 Å². The van der Waals surface area contributed by atoms with Crippen molar-refractivity contribution in [3.8, 4) is 0 Å². The number of benzene rings is 2. The number of Topliss-reactive ketones (excluding diaryl/α,β-unsaturated/α-hetero) is 1. The van der Waals surface area contributed by atoms with Crippen LogP contribution < -0.4 is 10.2 Å². The van der Waals surface area contributed by atoms with Crippen molar-refractivity contribution < 1.29 is 18.8 Å². The highest BCUT2D eigenvalue weighted by atomic mass is 35.5. The molecule has 2 aromatic carbocycles. The van der Waals surface area contributed by atoms with Crippen molar-refractivity contribution in [3.05, 3.63) is 58.4 Å². The van der Waals surface area contributed by atoms with E-state index in [9.17, 15) is 18.8 Å². The minimum Gasteiger partial charge on any atom is -0.368 e. The zero-order valence-electron chi connectivity index (χ0n) is 17.2. The Morgan fingerprint density at radius 1 is 1.10 bits per heavy atom. The highest BCUT2D eigenvalue weighted by Gasteiger charge is 2.31. The maximum absolute atomic E-state index is 13.8. The van der Waals surface area contributed by atoms with Gasteiger partial charge in [0.1, 0.15) is 11.6 Å². The molecule has 4 rings (SSSR count). The van der Waals surface area contributed by atoms with Crippen LogP contribution in [0.2, 0.25) is 5.02 Å². The number of hydrogen-bond acceptors (Lipinski definition) is 4. The lowest BCUT2D eigenvalue weighted by molar-refractivity contribution is -0.144. The van der Waals surface area contributed by atoms with Crippen molar-refractivity contribution >= 4 is 40.6 Å². The molecule has 0 radical (unpaired) electrons. The van der Waals surface area contributed by atoms with E-state index in [1.165, 1.54) is 17.0 Å². The van der Waals surface area contributed by atoms with Gasteiger partial charge in [-0.05, 0) is 54.8 Å². The van der Waals surface area contributed by atoms with Crippen molar-refractivity contribution in [3.63, 3.8) is 0 Å². The van der Waals surface area contributed by atoms with Crippen LogP contribution in [0.15, 0.2) is 36.4 Å². The molecule has 0 aromatic heterocycles. The van der Waals surface area contributed by atoms with Gasteiger partial charge in [-0.1, -0.05) is 17.7 Å². The molecule has 2 aromatic rings. The Morgan fingerprint density at radius 3 is 2.65 bits per heavy atom. The summed E-state index contributed by atoms with van der Waals surface area (Å²) in [6.45, 7) is 3.17. The van der Waals surface area contributed by atoms with Gasteiger partial charge in [0.15, 0.2) is 0 Å². The number of nitrogens with one attached hydrogen (secondary N) is 1. The molecule has 2 aliphatic rings. The molecule has 1 heterocycles. The third-order valence-electron chi connectivity index (χ3n) is 5.88. The van der Waals surface area contributed by atoms with Crippen LogP contribution in [-0.2, 0) is 27.2 Å². The summed E-state index contributed by atoms with van der Waals surface area (Å²) in [5, 5.41) is 2.75. The Morgan fingerprint density at radius 2 is 1.90 bits per heavy atom. The van der Waals surface area contributed by atoms with Gasteiger partial charge in [-0.25, -0.2) is 4.39 Å². The Hall–Kier alpha value is -2.93. The summed E-state index contributed by atoms with van der Waals surface area (Å²) < 4.78 is 13.8. The van der Waals surface area contributed by atoms with Gasteiger partial charge in [-0.2, -0.15) is 0 Å². The molecule has 1 aliphatic heterocycles. The molecule has 0 saturated carbocycles. The van der Waals surface area contributed by atoms with E-state index in [2.05, 4.69) is 5.32 Å². The van der Waals surface area contributed by atoms with Crippen molar-refractivity contribution in [1.29, 1.82) is 0 Å². The first-order chi connectivity index (χ1) is 14.8. The Balaban J connectivity index is 1.39. The molecule has 0 bridgehead atoms. The van der Waals surface area contributed by atoms with Crippen molar-refractivity contribution in [1.82, 2.24) is 4.90 Å². The van der Waals surface area contributed by atoms with E-state index in [0.29, 0.717) is 50.3 Å². The van der Waals surface area contributed by atoms with E-state index in [1.54, 1.807) is 12.1 Å². The van der Waals surface area contributed by atoms with Gasteiger partial charge in [0.05, 0.1) is 5.02 Å². The number of rotatable bonds is 2. The third-order valence-corrected chi connectivity index (χ3v) is 6.18. The van der Waals surface area contributed by atoms with Gasteiger partial charge >= 0.3 is 11.8 Å². The topological polar surface area (TPSA) is 69.7 Å². The first-order valence-corrected chi connectivity index (χ1v) is 10.6. The number of carbonyl (C=O) groups excluding carboxylic acids is 3. The number of fused-ring (bicyclic) bond motifs is 1. The molecule has 0 spiro atoms. The quantitative estimate of drug-likeness (QED) is 0.723. The van der Waals surface area contributed by atoms with Crippen LogP contribution in [0.3, 0.4) is 0 Å². The number of anilines is 2. The van der Waals surface area contributed by atoms with Gasteiger partial charge < -0.3 is 15.1 Å². The van der Waals surface area contributed by atoms with Crippen LogP contribution >= 0.6 is 11.6 Å². The average molecular weight is 444 g/mol. The maximum atomic E-state index is 13.8. The zero-order valence-corrected chi connectivity index (χ0v) is 17.9. The number of amides is 2. The average Bonchev–Trinajstić information content (AvgIpc) is 2.75. The fourth-order valence-corrected chi connectivity index (χ4v) is 4.29. The second-order valence-corrected chi connectivity index (χ2v) is 8.45. The molecule has 1 saturated heterocycles. The summed E-state index contributed by atoms with van der Waals surface area (Å²) in [5.41, 5.74) is 3.25. The normalized spacial score (nSPS) is 18.5. The standard InChI is InChI=1S/C23H23ClFN3O3/c1-14-13-27(18-5-7-20(24)21(25)12-18)8-9-28(14)23(31)22(30)26-17-4-2-16-11-19(29)6-3-15(16)10-17/h2,4-5,7,10,12,14H,3,6,8-9,11,13H2,1H3,(H,26,30)/t14-/m1/s1. The SMILES string of the molecule is C[C@@H]1CN(c2ccc(Cl)c(F)c2)CCN1C(=O)C(=O)Nc1ccc2c(c1)CCC(=O)C2. The lowest BCUT2D eigenvalue weighted by atomic mass is 9.90. The van der Waals surface area contributed by atoms with E-state index >= 15 is 0 Å². The lowest BCUT2D eigenvalue weighted by Crippen LogP contribution is -2.56. The fraction of sp³-hybridized carbons (Fsp3) is 0.348. The number of nitrogens with zero attached hydrogens (tertiary/aromatic N) is 2. The first-order valence-electron chi connectivity index (χ1n) is 10.3. The second-order valence-electron chi connectivity index (χ2n) is 8.05. The summed E-state index contributed by atoms with van der Waals surface area (Å²) in [6, 6.07) is 9.80. The Bertz CT molecular complexity index is 1060. The van der Waals surface area contributed by atoms with Gasteiger partial charge in [0, 0.05) is 49.9 Å². The minimum atomic E-state index is -0.690. The Kier molecular flexibility index (Phi) is 5.96. The van der Waals surface area contributed by atoms with Crippen LogP contribution in [0, 0.1) is 5.82 Å². The molecule has 1 aliphatic carbocycles. The summed E-state index contributed by atoms with van der Waals surface area (Å²) >= 11 is 5.75. The molecule has 1 fully saturated rings. The molecule has 162 valence electrons. The molecule has 0 unspecified atom stereocenters. The summed E-state index contributed by atoms with van der Waals surface area (Å²) in [4.78, 5) is 40.4. The van der Waals surface area contributed by atoms with Crippen molar-refractivity contribution in [2.24, 2.45) is 0 Å². The lowest BCUT2D eigenvalue weighted by Gasteiger charge is -2.40. The molecular formula is C23H23ClFN3O3. The van der Waals surface area contributed by atoms with E-state index in [1.807, 2.05) is 24.0 Å². The van der Waals surface area contributed by atoms with Crippen LogP contribution in [0.25, 0.3) is 0 Å². The van der Waals surface area contributed by atoms with Crippen LogP contribution in [0.5, 0.6) is 0 Å². The van der Waals surface area contributed by atoms with Gasteiger partial charge in [0.25, 0.3) is 0 Å². The minimum absolute atomic E-state index is 0.0658. The van der Waals surface area contributed by atoms with Gasteiger partial charge in [-0.15, -0.1) is 0 Å². The summed E-state index contributed by atoms with van der Waals surface area (Å²) in [5.74, 6) is -1.56. The number of aryl methyl sites for hydroxylation is 1. The number of halogens is 2. The maximum Gasteiger partial charge on any atom is 0.313 e. The highest BCUT2D eigenvalue weighted by Crippen LogP contribution is 2.25. The number of hydrogen-bond donors (Lipinski definition) is 1. The fourth-order valence-electron chi connectivity index (χ4n) is 4.17. The van der Waals surface area contributed by atoms with Crippen LogP contribution in [0.4, 0.5) is 15.8 Å². The number of piperazine rings is 1. The van der Waals surface area contributed by atoms with E-state index < -0.39 is 17.6 Å². The zero-order chi connectivity index (χ0) is 22.1. The predicted octanol–water partition coefficient (Wildman–Crippen LogP) is 3.21. The van der Waals surface area contributed by atoms with Crippen molar-refractivity contribution in [2.45, 2.75) is 32.2 Å². The second kappa shape index (κ2) is 8.67. The Labute approximate surface area is 185 Å². The van der Waals surface area contributed by atoms with Gasteiger partial charge in [-0.3, -0.25) is 14.4 Å². The molecular weight excluding hydrogens is 421 g/mol. The van der Waals surface area contributed by atoms with E-state index in [-0.39, 0.29) is 16.8 Å². The molecule has 1 atom stereocenters. The number of carbonyl (C=O) groups is 3. The molecule has 2 amide bonds. The highest BCUT2D eigenvalue weighted by molar-refractivity contribution is 6.39. The van der Waals surface area contributed by atoms with Crippen LogP contribution in [-0.4, -0.2) is 48.2 Å². The molecule has 1 N–H and O–H groups in total. The first kappa shape index (κ1) is 21.3. The number of ketones is 1. The largest absolute Gasteiger partial charge is 0.368 e. The summed E-state index contributed by atoms with van der Waals surface area (Å²) in [6.07, 6.45) is 1.57. The molecule has 6 nitrogen and oxygen atoms in total. The van der Waals surface area contributed by atoms with E-state index in [0.717, 1.165) is 11.1 Å². The van der Waals surface area contributed by atoms with E-state index in [4.69, 9.17) is 11.6 Å². The smallest absolute Gasteiger partial charge is 0.313 e.